The molecule has 0 bridgehead atoms. The summed E-state index contributed by atoms with van der Waals surface area (Å²) in [6.45, 7) is 4.31. The van der Waals surface area contributed by atoms with Gasteiger partial charge in [0.1, 0.15) is 0 Å². The van der Waals surface area contributed by atoms with Crippen molar-refractivity contribution in [1.82, 2.24) is 5.32 Å². The smallest absolute Gasteiger partial charge is 0.407 e. The van der Waals surface area contributed by atoms with Gasteiger partial charge in [0.15, 0.2) is 0 Å². The summed E-state index contributed by atoms with van der Waals surface area (Å²) in [6.07, 6.45) is -1.24. The van der Waals surface area contributed by atoms with E-state index in [0.717, 1.165) is 0 Å². The number of methoxy groups -OCH3 is 1. The molecule has 0 rings (SSSR count). The fraction of sp³-hybridized carbons (Fsp3) is 0.800. The number of alkyl carbamates (subject to hydrolysis) is 1. The number of carboxylic acid groups (broad SMARTS) is 1. The van der Waals surface area contributed by atoms with E-state index in [2.05, 4.69) is 5.32 Å². The zero-order valence-corrected chi connectivity index (χ0v) is 9.86. The van der Waals surface area contributed by atoms with E-state index in [1.165, 1.54) is 7.11 Å². The third-order valence-electron chi connectivity index (χ3n) is 1.76. The molecule has 0 aromatic rings. The van der Waals surface area contributed by atoms with Crippen LogP contribution in [0.15, 0.2) is 0 Å². The number of carbonyl (C=O) groups is 2. The number of hydrogen-bond donors (Lipinski definition) is 2. The van der Waals surface area contributed by atoms with Gasteiger partial charge in [-0.15, -0.1) is 0 Å². The highest BCUT2D eigenvalue weighted by atomic mass is 16.5. The molecule has 1 unspecified atom stereocenters. The highest BCUT2D eigenvalue weighted by molar-refractivity contribution is 5.68. The third-order valence-corrected chi connectivity index (χ3v) is 1.76. The van der Waals surface area contributed by atoms with Gasteiger partial charge in [0.05, 0.1) is 19.1 Å². The lowest BCUT2D eigenvalue weighted by Crippen LogP contribution is -2.35. The first-order chi connectivity index (χ1) is 7.45. The summed E-state index contributed by atoms with van der Waals surface area (Å²) in [4.78, 5) is 21.5. The van der Waals surface area contributed by atoms with E-state index in [1.54, 1.807) is 0 Å². The minimum atomic E-state index is -0.968. The van der Waals surface area contributed by atoms with Crippen molar-refractivity contribution in [2.45, 2.75) is 26.4 Å². The Kier molecular flexibility index (Phi) is 7.28. The largest absolute Gasteiger partial charge is 0.481 e. The van der Waals surface area contributed by atoms with Gasteiger partial charge in [-0.1, -0.05) is 13.8 Å². The Labute approximate surface area is 94.9 Å². The Morgan fingerprint density at radius 1 is 1.38 bits per heavy atom. The molecule has 0 saturated heterocycles. The summed E-state index contributed by atoms with van der Waals surface area (Å²) in [5.41, 5.74) is 0. The molecule has 0 spiro atoms. The molecule has 0 aliphatic heterocycles. The molecule has 0 radical (unpaired) electrons. The highest BCUT2D eigenvalue weighted by Gasteiger charge is 2.13. The molecule has 1 atom stereocenters. The topological polar surface area (TPSA) is 84.9 Å². The first-order valence-electron chi connectivity index (χ1n) is 5.11. The van der Waals surface area contributed by atoms with E-state index >= 15 is 0 Å². The molecule has 0 aliphatic carbocycles. The first-order valence-corrected chi connectivity index (χ1v) is 5.11. The second kappa shape index (κ2) is 7.92. The third kappa shape index (κ3) is 8.05. The molecular formula is C10H19NO5. The highest BCUT2D eigenvalue weighted by Crippen LogP contribution is 1.96. The van der Waals surface area contributed by atoms with Crippen LogP contribution in [0.1, 0.15) is 20.3 Å². The summed E-state index contributed by atoms with van der Waals surface area (Å²) in [5.74, 6) is -0.702. The van der Waals surface area contributed by atoms with Gasteiger partial charge in [0.2, 0.25) is 0 Å². The SMILES string of the molecule is COC(CNC(=O)OCC(C)C)CC(=O)O. The average molecular weight is 233 g/mol. The number of amides is 1. The Morgan fingerprint density at radius 2 is 2.00 bits per heavy atom. The zero-order chi connectivity index (χ0) is 12.6. The Bertz CT molecular complexity index is 229. The van der Waals surface area contributed by atoms with Crippen LogP contribution in [0.4, 0.5) is 4.79 Å². The van der Waals surface area contributed by atoms with Crippen molar-refractivity contribution >= 4 is 12.1 Å². The molecule has 94 valence electrons. The van der Waals surface area contributed by atoms with Crippen molar-refractivity contribution in [3.05, 3.63) is 0 Å². The van der Waals surface area contributed by atoms with Crippen LogP contribution in [-0.4, -0.2) is 43.5 Å². The molecule has 0 heterocycles. The van der Waals surface area contributed by atoms with Crippen LogP contribution in [0, 0.1) is 5.92 Å². The number of nitrogens with one attached hydrogen (secondary N) is 1. The minimum absolute atomic E-state index is 0.125. The van der Waals surface area contributed by atoms with Gasteiger partial charge in [0.25, 0.3) is 0 Å². The molecule has 6 nitrogen and oxygen atoms in total. The van der Waals surface area contributed by atoms with E-state index in [-0.39, 0.29) is 18.9 Å². The van der Waals surface area contributed by atoms with Gasteiger partial charge < -0.3 is 19.9 Å². The van der Waals surface area contributed by atoms with Gasteiger partial charge >= 0.3 is 12.1 Å². The van der Waals surface area contributed by atoms with Crippen molar-refractivity contribution < 1.29 is 24.2 Å². The van der Waals surface area contributed by atoms with E-state index < -0.39 is 18.2 Å². The molecule has 0 aromatic heterocycles. The van der Waals surface area contributed by atoms with Gasteiger partial charge in [-0.2, -0.15) is 0 Å². The monoisotopic (exact) mass is 233 g/mol. The van der Waals surface area contributed by atoms with Crippen LogP contribution in [0.25, 0.3) is 0 Å². The van der Waals surface area contributed by atoms with Crippen molar-refractivity contribution in [2.24, 2.45) is 5.92 Å². The maximum absolute atomic E-state index is 11.1. The lowest BCUT2D eigenvalue weighted by atomic mass is 10.2. The Hall–Kier alpha value is -1.30. The van der Waals surface area contributed by atoms with Crippen molar-refractivity contribution in [3.8, 4) is 0 Å². The van der Waals surface area contributed by atoms with Crippen LogP contribution in [0.5, 0.6) is 0 Å². The maximum atomic E-state index is 11.1. The van der Waals surface area contributed by atoms with Crippen LogP contribution >= 0.6 is 0 Å². The predicted octanol–water partition coefficient (Wildman–Crippen LogP) is 0.858. The number of aliphatic carboxylic acids is 1. The second-order valence-electron chi connectivity index (χ2n) is 3.83. The second-order valence-corrected chi connectivity index (χ2v) is 3.83. The molecule has 6 heteroatoms. The lowest BCUT2D eigenvalue weighted by molar-refractivity contribution is -0.139. The van der Waals surface area contributed by atoms with Crippen LogP contribution in [-0.2, 0) is 14.3 Å². The number of rotatable bonds is 7. The maximum Gasteiger partial charge on any atom is 0.407 e. The Morgan fingerprint density at radius 3 is 2.44 bits per heavy atom. The molecule has 0 aliphatic rings. The summed E-state index contributed by atoms with van der Waals surface area (Å²) in [7, 11) is 1.40. The summed E-state index contributed by atoms with van der Waals surface area (Å²) in [5, 5.41) is 11.0. The number of hydrogen-bond acceptors (Lipinski definition) is 4. The van der Waals surface area contributed by atoms with Crippen molar-refractivity contribution in [2.75, 3.05) is 20.3 Å². The number of ether oxygens (including phenoxy) is 2. The summed E-state index contributed by atoms with van der Waals surface area (Å²) < 4.78 is 9.74. The normalized spacial score (nSPS) is 12.2. The van der Waals surface area contributed by atoms with Gasteiger partial charge in [-0.05, 0) is 5.92 Å². The summed E-state index contributed by atoms with van der Waals surface area (Å²) >= 11 is 0. The molecule has 0 aromatic carbocycles. The van der Waals surface area contributed by atoms with E-state index in [1.807, 2.05) is 13.8 Å². The van der Waals surface area contributed by atoms with E-state index in [4.69, 9.17) is 14.6 Å². The van der Waals surface area contributed by atoms with Crippen LogP contribution in [0.3, 0.4) is 0 Å². The number of carboxylic acids is 1. The fourth-order valence-electron chi connectivity index (χ4n) is 0.924. The molecule has 1 amide bonds. The molecular weight excluding hydrogens is 214 g/mol. The molecule has 0 saturated carbocycles. The molecule has 16 heavy (non-hydrogen) atoms. The van der Waals surface area contributed by atoms with Gasteiger partial charge in [0, 0.05) is 13.7 Å². The lowest BCUT2D eigenvalue weighted by Gasteiger charge is -2.14. The Balaban J connectivity index is 3.75. The summed E-state index contributed by atoms with van der Waals surface area (Å²) in [6, 6.07) is 0. The van der Waals surface area contributed by atoms with E-state index in [0.29, 0.717) is 6.61 Å². The number of carbonyl (C=O) groups excluding carboxylic acids is 1. The van der Waals surface area contributed by atoms with Gasteiger partial charge in [-0.25, -0.2) is 4.79 Å². The van der Waals surface area contributed by atoms with Crippen LogP contribution < -0.4 is 5.32 Å². The zero-order valence-electron chi connectivity index (χ0n) is 9.86. The van der Waals surface area contributed by atoms with Gasteiger partial charge in [-0.3, -0.25) is 4.79 Å². The minimum Gasteiger partial charge on any atom is -0.481 e. The first kappa shape index (κ1) is 14.7. The van der Waals surface area contributed by atoms with E-state index in [9.17, 15) is 9.59 Å². The fourth-order valence-corrected chi connectivity index (χ4v) is 0.924. The quantitative estimate of drug-likeness (QED) is 0.681. The standard InChI is InChI=1S/C10H19NO5/c1-7(2)6-16-10(14)11-5-8(15-3)4-9(12)13/h7-8H,4-6H2,1-3H3,(H,11,14)(H,12,13). The van der Waals surface area contributed by atoms with Crippen molar-refractivity contribution in [1.29, 1.82) is 0 Å². The average Bonchev–Trinajstić information content (AvgIpc) is 2.20. The molecule has 2 N–H and O–H groups in total. The van der Waals surface area contributed by atoms with Crippen LogP contribution in [0.2, 0.25) is 0 Å². The van der Waals surface area contributed by atoms with Crippen molar-refractivity contribution in [3.63, 3.8) is 0 Å². The predicted molar refractivity (Wildman–Crippen MR) is 57.2 cm³/mol. The molecule has 0 fully saturated rings.